The lowest BCUT2D eigenvalue weighted by Crippen LogP contribution is -2.50. The Morgan fingerprint density at radius 3 is 1.82 bits per heavy atom. The molecular formula is C14H30N2O. The normalized spacial score (nSPS) is 17.4. The number of rotatable bonds is 2. The van der Waals surface area contributed by atoms with Crippen LogP contribution in [-0.2, 0) is 4.79 Å². The summed E-state index contributed by atoms with van der Waals surface area (Å²) in [5.74, 6) is 0.313. The van der Waals surface area contributed by atoms with Crippen molar-refractivity contribution >= 4 is 5.91 Å². The molecule has 0 N–H and O–H groups in total. The van der Waals surface area contributed by atoms with Crippen LogP contribution in [-0.4, -0.2) is 48.9 Å². The fourth-order valence-corrected chi connectivity index (χ4v) is 1.59. The lowest BCUT2D eigenvalue weighted by Gasteiger charge is -2.37. The zero-order valence-corrected chi connectivity index (χ0v) is 12.5. The summed E-state index contributed by atoms with van der Waals surface area (Å²) in [4.78, 5) is 16.3. The molecule has 0 spiro atoms. The third-order valence-electron chi connectivity index (χ3n) is 3.25. The van der Waals surface area contributed by atoms with Gasteiger partial charge in [-0.05, 0) is 13.5 Å². The summed E-state index contributed by atoms with van der Waals surface area (Å²) >= 11 is 0. The van der Waals surface area contributed by atoms with Gasteiger partial charge in [0.2, 0.25) is 5.91 Å². The minimum atomic E-state index is -0.185. The van der Waals surface area contributed by atoms with Crippen molar-refractivity contribution in [2.24, 2.45) is 5.41 Å². The molecule has 1 heterocycles. The van der Waals surface area contributed by atoms with E-state index in [2.05, 4.69) is 32.7 Å². The lowest BCUT2D eigenvalue weighted by molar-refractivity contribution is -0.142. The third kappa shape index (κ3) is 5.53. The number of amides is 1. The largest absolute Gasteiger partial charge is 0.340 e. The molecule has 0 unspecified atom stereocenters. The van der Waals surface area contributed by atoms with Crippen LogP contribution in [0.15, 0.2) is 0 Å². The maximum absolute atomic E-state index is 12.1. The summed E-state index contributed by atoms with van der Waals surface area (Å²) in [5, 5.41) is 0. The quantitative estimate of drug-likeness (QED) is 0.743. The lowest BCUT2D eigenvalue weighted by atomic mass is 9.88. The second-order valence-electron chi connectivity index (χ2n) is 5.54. The molecule has 1 fully saturated rings. The number of likely N-dealkylation sites (N-methyl/N-ethyl adjacent to an activating group) is 1. The highest BCUT2D eigenvalue weighted by atomic mass is 16.2. The van der Waals surface area contributed by atoms with E-state index >= 15 is 0 Å². The maximum atomic E-state index is 12.1. The first-order valence-corrected chi connectivity index (χ1v) is 6.86. The predicted molar refractivity (Wildman–Crippen MR) is 74.1 cm³/mol. The highest BCUT2D eigenvalue weighted by Crippen LogP contribution is 2.23. The maximum Gasteiger partial charge on any atom is 0.228 e. The van der Waals surface area contributed by atoms with E-state index in [1.807, 2.05) is 18.7 Å². The van der Waals surface area contributed by atoms with Crippen LogP contribution in [0.25, 0.3) is 0 Å². The van der Waals surface area contributed by atoms with Gasteiger partial charge in [0, 0.05) is 31.6 Å². The minimum absolute atomic E-state index is 0.185. The third-order valence-corrected chi connectivity index (χ3v) is 3.25. The molecule has 0 radical (unpaired) electrons. The summed E-state index contributed by atoms with van der Waals surface area (Å²) in [5.41, 5.74) is -0.185. The van der Waals surface area contributed by atoms with Crippen molar-refractivity contribution in [1.29, 1.82) is 0 Å². The Bertz CT molecular complexity index is 218. The number of carbonyl (C=O) groups is 1. The van der Waals surface area contributed by atoms with Gasteiger partial charge in [-0.2, -0.15) is 0 Å². The van der Waals surface area contributed by atoms with E-state index in [4.69, 9.17) is 0 Å². The molecule has 3 nitrogen and oxygen atoms in total. The topological polar surface area (TPSA) is 23.6 Å². The van der Waals surface area contributed by atoms with Crippen molar-refractivity contribution in [3.05, 3.63) is 0 Å². The molecule has 0 aromatic rings. The standard InChI is InChI=1S/C11H22N2O.C3H8/c1-5-11(2,3)10(14)13-8-6-12(4)7-9-13;1-3-2/h5-9H2,1-4H3;3H2,1-2H3. The van der Waals surface area contributed by atoms with Crippen molar-refractivity contribution in [1.82, 2.24) is 9.80 Å². The van der Waals surface area contributed by atoms with E-state index in [-0.39, 0.29) is 5.41 Å². The van der Waals surface area contributed by atoms with Crippen LogP contribution >= 0.6 is 0 Å². The fourth-order valence-electron chi connectivity index (χ4n) is 1.59. The first-order valence-electron chi connectivity index (χ1n) is 6.86. The van der Waals surface area contributed by atoms with Gasteiger partial charge in [0.05, 0.1) is 0 Å². The summed E-state index contributed by atoms with van der Waals surface area (Å²) in [6.07, 6.45) is 2.16. The predicted octanol–water partition coefficient (Wildman–Crippen LogP) is 2.61. The molecule has 1 saturated heterocycles. The highest BCUT2D eigenvalue weighted by Gasteiger charge is 2.31. The Labute approximate surface area is 107 Å². The molecule has 0 aromatic carbocycles. The molecule has 1 amide bonds. The van der Waals surface area contributed by atoms with Gasteiger partial charge in [-0.1, -0.05) is 41.0 Å². The Morgan fingerprint density at radius 2 is 1.47 bits per heavy atom. The van der Waals surface area contributed by atoms with Gasteiger partial charge >= 0.3 is 0 Å². The first-order chi connectivity index (χ1) is 7.88. The highest BCUT2D eigenvalue weighted by molar-refractivity contribution is 5.82. The number of hydrogen-bond acceptors (Lipinski definition) is 2. The number of carbonyl (C=O) groups excluding carboxylic acids is 1. The molecule has 1 rings (SSSR count). The monoisotopic (exact) mass is 242 g/mol. The first kappa shape index (κ1) is 16.4. The second kappa shape index (κ2) is 7.70. The van der Waals surface area contributed by atoms with Gasteiger partial charge < -0.3 is 9.80 Å². The average Bonchev–Trinajstić information content (AvgIpc) is 2.30. The van der Waals surface area contributed by atoms with Crippen molar-refractivity contribution in [2.45, 2.75) is 47.5 Å². The van der Waals surface area contributed by atoms with E-state index < -0.39 is 0 Å². The van der Waals surface area contributed by atoms with Gasteiger partial charge in [0.1, 0.15) is 0 Å². The zero-order valence-electron chi connectivity index (χ0n) is 12.5. The van der Waals surface area contributed by atoms with Gasteiger partial charge in [0.25, 0.3) is 0 Å². The number of piperazine rings is 1. The minimum Gasteiger partial charge on any atom is -0.340 e. The van der Waals surface area contributed by atoms with Crippen molar-refractivity contribution in [2.75, 3.05) is 33.2 Å². The SMILES string of the molecule is CCC.CCC(C)(C)C(=O)N1CCN(C)CC1. The fraction of sp³-hybridized carbons (Fsp3) is 0.929. The molecule has 1 aliphatic heterocycles. The molecule has 1 aliphatic rings. The molecule has 0 aromatic heterocycles. The van der Waals surface area contributed by atoms with Gasteiger partial charge in [-0.3, -0.25) is 4.79 Å². The van der Waals surface area contributed by atoms with Crippen LogP contribution in [0.2, 0.25) is 0 Å². The number of hydrogen-bond donors (Lipinski definition) is 0. The number of nitrogens with zero attached hydrogens (tertiary/aromatic N) is 2. The zero-order chi connectivity index (χ0) is 13.5. The van der Waals surface area contributed by atoms with Crippen LogP contribution < -0.4 is 0 Å². The van der Waals surface area contributed by atoms with Crippen LogP contribution in [0, 0.1) is 5.41 Å². The molecule has 102 valence electrons. The van der Waals surface area contributed by atoms with E-state index in [9.17, 15) is 4.79 Å². The Kier molecular flexibility index (Phi) is 7.44. The molecule has 0 bridgehead atoms. The summed E-state index contributed by atoms with van der Waals surface area (Å²) < 4.78 is 0. The molecule has 17 heavy (non-hydrogen) atoms. The Morgan fingerprint density at radius 1 is 1.06 bits per heavy atom. The van der Waals surface area contributed by atoms with Crippen LogP contribution in [0.4, 0.5) is 0 Å². The van der Waals surface area contributed by atoms with Gasteiger partial charge in [-0.15, -0.1) is 0 Å². The van der Waals surface area contributed by atoms with E-state index in [0.29, 0.717) is 5.91 Å². The van der Waals surface area contributed by atoms with Crippen LogP contribution in [0.5, 0.6) is 0 Å². The molecule has 3 heteroatoms. The van der Waals surface area contributed by atoms with Crippen molar-refractivity contribution in [3.63, 3.8) is 0 Å². The Balaban J connectivity index is 0.000000770. The van der Waals surface area contributed by atoms with Crippen molar-refractivity contribution in [3.8, 4) is 0 Å². The smallest absolute Gasteiger partial charge is 0.228 e. The van der Waals surface area contributed by atoms with Gasteiger partial charge in [-0.25, -0.2) is 0 Å². The Hall–Kier alpha value is -0.570. The summed E-state index contributed by atoms with van der Waals surface area (Å²) in [7, 11) is 2.10. The van der Waals surface area contributed by atoms with E-state index in [1.54, 1.807) is 0 Å². The van der Waals surface area contributed by atoms with Gasteiger partial charge in [0.15, 0.2) is 0 Å². The van der Waals surface area contributed by atoms with Crippen molar-refractivity contribution < 1.29 is 4.79 Å². The summed E-state index contributed by atoms with van der Waals surface area (Å²) in [6, 6.07) is 0. The molecule has 0 aliphatic carbocycles. The van der Waals surface area contributed by atoms with E-state index in [0.717, 1.165) is 32.6 Å². The average molecular weight is 242 g/mol. The molecular weight excluding hydrogens is 212 g/mol. The molecule has 0 atom stereocenters. The summed E-state index contributed by atoms with van der Waals surface area (Å²) in [6.45, 7) is 14.2. The second-order valence-corrected chi connectivity index (χ2v) is 5.54. The van der Waals surface area contributed by atoms with Crippen LogP contribution in [0.1, 0.15) is 47.5 Å². The van der Waals surface area contributed by atoms with E-state index in [1.165, 1.54) is 6.42 Å². The van der Waals surface area contributed by atoms with Crippen LogP contribution in [0.3, 0.4) is 0 Å². The molecule has 0 saturated carbocycles.